The van der Waals surface area contributed by atoms with Gasteiger partial charge < -0.3 is 19.7 Å². The van der Waals surface area contributed by atoms with Crippen LogP contribution in [0.2, 0.25) is 0 Å². The van der Waals surface area contributed by atoms with Gasteiger partial charge in [-0.15, -0.1) is 0 Å². The van der Waals surface area contributed by atoms with E-state index in [1.54, 1.807) is 49.0 Å². The summed E-state index contributed by atoms with van der Waals surface area (Å²) in [5.74, 6) is -6.50. The number of likely N-dealkylation sites (tertiary alicyclic amines) is 1. The zero-order valence-corrected chi connectivity index (χ0v) is 26.0. The number of pyridine rings is 1. The van der Waals surface area contributed by atoms with Crippen LogP contribution in [0.1, 0.15) is 42.6 Å². The number of amides is 5. The van der Waals surface area contributed by atoms with Crippen molar-refractivity contribution in [1.82, 2.24) is 24.5 Å². The van der Waals surface area contributed by atoms with Crippen molar-refractivity contribution in [3.8, 4) is 0 Å². The summed E-state index contributed by atoms with van der Waals surface area (Å²) >= 11 is 0. The van der Waals surface area contributed by atoms with Gasteiger partial charge in [-0.2, -0.15) is 26.3 Å². The van der Waals surface area contributed by atoms with Crippen molar-refractivity contribution in [2.45, 2.75) is 50.6 Å². The van der Waals surface area contributed by atoms with Crippen LogP contribution in [0.4, 0.5) is 41.2 Å². The van der Waals surface area contributed by atoms with Crippen molar-refractivity contribution in [2.75, 3.05) is 25.0 Å². The number of carbonyl (C=O) groups excluding carboxylic acids is 4. The van der Waals surface area contributed by atoms with Crippen LogP contribution >= 0.6 is 0 Å². The van der Waals surface area contributed by atoms with E-state index >= 15 is 0 Å². The van der Waals surface area contributed by atoms with Crippen LogP contribution in [-0.2, 0) is 20.6 Å². The normalized spacial score (nSPS) is 17.0. The zero-order chi connectivity index (χ0) is 36.6. The number of benzene rings is 1. The average Bonchev–Trinajstić information content (AvgIpc) is 3.56. The van der Waals surface area contributed by atoms with E-state index in [2.05, 4.69) is 10.3 Å². The summed E-state index contributed by atoms with van der Waals surface area (Å²) in [6.07, 6.45) is -4.64. The first kappa shape index (κ1) is 36.6. The van der Waals surface area contributed by atoms with Crippen molar-refractivity contribution in [2.24, 2.45) is 5.92 Å². The fourth-order valence-corrected chi connectivity index (χ4v) is 5.57. The van der Waals surface area contributed by atoms with E-state index in [0.29, 0.717) is 29.5 Å². The SMILES string of the molecule is CC(C)[C@@H](NC(=O)c1cc(C(F)(F)F)ccc1F)C(=O)N1CCC2(CC1)C(=O)N(C)C(=O)N2c1ccc2nccn2c1.O=C(O)C(F)(F)F. The fraction of sp³-hybridized carbons (Fsp3) is 0.400. The van der Waals surface area contributed by atoms with Gasteiger partial charge in [0.2, 0.25) is 5.91 Å². The molecule has 5 rings (SSSR count). The number of likely N-dealkylation sites (N-methyl/N-ethyl adjacent to an activating group) is 1. The Morgan fingerprint density at radius 3 is 2.16 bits per heavy atom. The Hall–Kier alpha value is -5.23. The molecule has 5 amide bonds. The van der Waals surface area contributed by atoms with E-state index in [4.69, 9.17) is 9.90 Å². The molecule has 2 N–H and O–H groups in total. The molecule has 1 spiro atoms. The molecule has 19 heteroatoms. The summed E-state index contributed by atoms with van der Waals surface area (Å²) in [5.41, 5.74) is -2.12. The predicted octanol–water partition coefficient (Wildman–Crippen LogP) is 4.34. The van der Waals surface area contributed by atoms with E-state index in [9.17, 15) is 49.9 Å². The van der Waals surface area contributed by atoms with Crippen molar-refractivity contribution in [1.29, 1.82) is 0 Å². The minimum absolute atomic E-state index is 0.0620. The zero-order valence-electron chi connectivity index (χ0n) is 26.0. The number of anilines is 1. The second kappa shape index (κ2) is 13.3. The van der Waals surface area contributed by atoms with Crippen molar-refractivity contribution in [3.05, 3.63) is 65.9 Å². The van der Waals surface area contributed by atoms with Gasteiger partial charge in [-0.25, -0.2) is 19.0 Å². The number of carboxylic acid groups (broad SMARTS) is 1. The molecule has 0 radical (unpaired) electrons. The van der Waals surface area contributed by atoms with Gasteiger partial charge in [0.05, 0.1) is 16.8 Å². The smallest absolute Gasteiger partial charge is 0.475 e. The highest BCUT2D eigenvalue weighted by molar-refractivity contribution is 6.16. The number of aliphatic carboxylic acids is 1. The Bertz CT molecular complexity index is 1780. The molecule has 2 fully saturated rings. The van der Waals surface area contributed by atoms with Gasteiger partial charge in [-0.1, -0.05) is 13.8 Å². The number of aromatic nitrogens is 2. The highest BCUT2D eigenvalue weighted by atomic mass is 19.4. The van der Waals surface area contributed by atoms with Crippen LogP contribution in [-0.4, -0.2) is 91.9 Å². The van der Waals surface area contributed by atoms with Crippen LogP contribution < -0.4 is 10.2 Å². The average molecular weight is 703 g/mol. The number of carbonyl (C=O) groups is 5. The number of hydrogen-bond acceptors (Lipinski definition) is 6. The second-order valence-electron chi connectivity index (χ2n) is 11.6. The molecular formula is C30H29F7N6O6. The molecule has 4 heterocycles. The van der Waals surface area contributed by atoms with Crippen LogP contribution in [0.3, 0.4) is 0 Å². The summed E-state index contributed by atoms with van der Waals surface area (Å²) in [5, 5.41) is 9.52. The number of alkyl halides is 6. The standard InChI is InChI=1S/C28H28F4N6O4.C2HF3O2/c1-16(2)22(34-23(39)19-14-17(28(30,31)32)4-6-20(19)29)24(40)36-11-8-27(9-12-36)25(41)35(3)26(42)38(27)18-5-7-21-33-10-13-37(21)15-18;3-2(4,5)1(6)7/h4-7,10,13-16,22H,8-9,11-12H2,1-3H3,(H,34,39);(H,6,7)/t22-;/m1./s1. The number of hydrogen-bond donors (Lipinski definition) is 2. The molecule has 2 aliphatic rings. The number of urea groups is 1. The summed E-state index contributed by atoms with van der Waals surface area (Å²) in [6, 6.07) is 3.24. The van der Waals surface area contributed by atoms with E-state index in [1.807, 2.05) is 0 Å². The number of rotatable bonds is 5. The second-order valence-corrected chi connectivity index (χ2v) is 11.6. The Morgan fingerprint density at radius 2 is 1.61 bits per heavy atom. The van der Waals surface area contributed by atoms with Gasteiger partial charge in [0.1, 0.15) is 23.0 Å². The summed E-state index contributed by atoms with van der Waals surface area (Å²) < 4.78 is 87.2. The topological polar surface area (TPSA) is 145 Å². The molecule has 0 bridgehead atoms. The van der Waals surface area contributed by atoms with E-state index in [1.165, 1.54) is 16.8 Å². The van der Waals surface area contributed by atoms with E-state index in [-0.39, 0.29) is 25.9 Å². The Labute approximate surface area is 273 Å². The minimum Gasteiger partial charge on any atom is -0.475 e. The molecule has 2 aromatic heterocycles. The first-order chi connectivity index (χ1) is 22.7. The van der Waals surface area contributed by atoms with Crippen molar-refractivity contribution < 1.29 is 59.8 Å². The molecule has 2 aliphatic heterocycles. The number of fused-ring (bicyclic) bond motifs is 1. The third-order valence-electron chi connectivity index (χ3n) is 8.14. The maximum Gasteiger partial charge on any atom is 0.490 e. The monoisotopic (exact) mass is 702 g/mol. The third kappa shape index (κ3) is 7.29. The van der Waals surface area contributed by atoms with Crippen LogP contribution in [0, 0.1) is 11.7 Å². The largest absolute Gasteiger partial charge is 0.490 e. The van der Waals surface area contributed by atoms with E-state index in [0.717, 1.165) is 4.90 Å². The van der Waals surface area contributed by atoms with Gasteiger partial charge in [0, 0.05) is 38.7 Å². The molecule has 2 saturated heterocycles. The third-order valence-corrected chi connectivity index (χ3v) is 8.14. The maximum atomic E-state index is 14.3. The van der Waals surface area contributed by atoms with Crippen molar-refractivity contribution >= 4 is 41.1 Å². The lowest BCUT2D eigenvalue weighted by Crippen LogP contribution is -2.60. The fourth-order valence-electron chi connectivity index (χ4n) is 5.57. The molecular weight excluding hydrogens is 673 g/mol. The number of imide groups is 1. The Kier molecular flexibility index (Phi) is 9.97. The number of nitrogens with zero attached hydrogens (tertiary/aromatic N) is 5. The van der Waals surface area contributed by atoms with Gasteiger partial charge >= 0.3 is 24.4 Å². The molecule has 0 saturated carbocycles. The number of nitrogens with one attached hydrogen (secondary N) is 1. The molecule has 3 aromatic rings. The number of carboxylic acids is 1. The maximum absolute atomic E-state index is 14.3. The number of halogens is 7. The molecule has 1 aromatic carbocycles. The minimum atomic E-state index is -5.08. The highest BCUT2D eigenvalue weighted by Crippen LogP contribution is 2.40. The van der Waals surface area contributed by atoms with Crippen LogP contribution in [0.25, 0.3) is 5.65 Å². The molecule has 0 unspecified atom stereocenters. The van der Waals surface area contributed by atoms with Gasteiger partial charge in [0.15, 0.2) is 0 Å². The van der Waals surface area contributed by atoms with Crippen LogP contribution in [0.15, 0.2) is 48.9 Å². The lowest BCUT2D eigenvalue weighted by Gasteiger charge is -2.43. The molecule has 264 valence electrons. The quantitative estimate of drug-likeness (QED) is 0.298. The highest BCUT2D eigenvalue weighted by Gasteiger charge is 2.58. The van der Waals surface area contributed by atoms with E-state index < -0.39 is 76.5 Å². The number of piperidine rings is 1. The van der Waals surface area contributed by atoms with Crippen molar-refractivity contribution in [3.63, 3.8) is 0 Å². The first-order valence-corrected chi connectivity index (χ1v) is 14.5. The van der Waals surface area contributed by atoms with Gasteiger partial charge in [-0.05, 0) is 49.1 Å². The lowest BCUT2D eigenvalue weighted by molar-refractivity contribution is -0.192. The number of imidazole rings is 1. The molecule has 0 aliphatic carbocycles. The molecule has 1 atom stereocenters. The molecule has 49 heavy (non-hydrogen) atoms. The molecule has 12 nitrogen and oxygen atoms in total. The predicted molar refractivity (Wildman–Crippen MR) is 156 cm³/mol. The van der Waals surface area contributed by atoms with Gasteiger partial charge in [0.25, 0.3) is 11.8 Å². The first-order valence-electron chi connectivity index (χ1n) is 14.5. The van der Waals surface area contributed by atoms with Crippen LogP contribution in [0.5, 0.6) is 0 Å². The lowest BCUT2D eigenvalue weighted by atomic mass is 9.85. The van der Waals surface area contributed by atoms with Gasteiger partial charge in [-0.3, -0.25) is 24.2 Å². The Balaban J connectivity index is 0.000000698. The summed E-state index contributed by atoms with van der Waals surface area (Å²) in [4.78, 5) is 70.1. The summed E-state index contributed by atoms with van der Waals surface area (Å²) in [6.45, 7) is 3.40. The summed E-state index contributed by atoms with van der Waals surface area (Å²) in [7, 11) is 1.40. The Morgan fingerprint density at radius 1 is 1.00 bits per heavy atom.